The molecule has 0 fully saturated rings. The van der Waals surface area contributed by atoms with Crippen molar-refractivity contribution in [3.8, 4) is 0 Å². The van der Waals surface area contributed by atoms with E-state index in [-0.39, 0.29) is 0 Å². The molecule has 126 valence electrons. The molecule has 3 unspecified atom stereocenters. The molecule has 0 bridgehead atoms. The summed E-state index contributed by atoms with van der Waals surface area (Å²) in [6, 6.07) is 0. The number of nitrogens with zero attached hydrogens (tertiary/aromatic N) is 1. The molecule has 0 aromatic carbocycles. The molecule has 0 amide bonds. The molecular weight excluding hydrogens is 339 g/mol. The smallest absolute Gasteiger partial charge is 0.311 e. The van der Waals surface area contributed by atoms with Crippen LogP contribution in [0.1, 0.15) is 20.8 Å². The van der Waals surface area contributed by atoms with Crippen molar-refractivity contribution in [2.45, 2.75) is 20.8 Å². The van der Waals surface area contributed by atoms with E-state index in [1.807, 2.05) is 20.8 Å². The third-order valence-electron chi connectivity index (χ3n) is 2.42. The Labute approximate surface area is 127 Å². The Balaban J connectivity index is 3.33. The van der Waals surface area contributed by atoms with Crippen LogP contribution in [0.25, 0.3) is 0 Å². The van der Waals surface area contributed by atoms with Crippen molar-refractivity contribution in [3.63, 3.8) is 0 Å². The number of hydrogen-bond acceptors (Lipinski definition) is 9. The lowest BCUT2D eigenvalue weighted by atomic mass is 10.9. The molecule has 1 rings (SSSR count). The van der Waals surface area contributed by atoms with Crippen molar-refractivity contribution in [3.05, 3.63) is 0 Å². The zero-order valence-corrected chi connectivity index (χ0v) is 16.0. The molecule has 1 aliphatic rings. The van der Waals surface area contributed by atoms with Crippen molar-refractivity contribution in [2.75, 3.05) is 41.2 Å². The first-order chi connectivity index (χ1) is 9.99. The topological polar surface area (TPSA) is 91.8 Å². The monoisotopic (exact) mass is 365 g/mol. The summed E-state index contributed by atoms with van der Waals surface area (Å²) in [4.78, 5) is 6.30. The van der Waals surface area contributed by atoms with Gasteiger partial charge in [-0.05, 0) is 25.6 Å². The van der Waals surface area contributed by atoms with Crippen LogP contribution >= 0.6 is 23.7 Å². The molecule has 0 aliphatic carbocycles. The Morgan fingerprint density at radius 3 is 2.05 bits per heavy atom. The van der Waals surface area contributed by atoms with E-state index in [0.717, 1.165) is 0 Å². The fourth-order valence-corrected chi connectivity index (χ4v) is 11.8. The van der Waals surface area contributed by atoms with Gasteiger partial charge in [0.2, 0.25) is 0 Å². The van der Waals surface area contributed by atoms with Gasteiger partial charge in [0.25, 0.3) is 0 Å². The molecule has 0 radical (unpaired) electrons. The van der Waals surface area contributed by atoms with Crippen molar-refractivity contribution in [1.29, 1.82) is 0 Å². The summed E-state index contributed by atoms with van der Waals surface area (Å²) in [6.45, 7) is 6.88. The van der Waals surface area contributed by atoms with Crippen LogP contribution < -0.4 is 9.72 Å². The van der Waals surface area contributed by atoms with Crippen LogP contribution in [-0.2, 0) is 27.1 Å². The second-order valence-corrected chi connectivity index (χ2v) is 11.1. The van der Waals surface area contributed by atoms with Crippen LogP contribution in [0, 0.1) is 0 Å². The van der Waals surface area contributed by atoms with Gasteiger partial charge < -0.3 is 9.05 Å². The van der Waals surface area contributed by atoms with E-state index in [2.05, 4.69) is 14.2 Å². The second kappa shape index (κ2) is 8.57. The standard InChI is InChI=1S/C9H26N3O6P3/c1-7-16-19(13-4)10-20(14-5,17-8-2)12-21(11-19,15-6)18-9-3/h10-11H,7-9H2,1-6H3/q+2. The Hall–Kier alpha value is 0.770. The quantitative estimate of drug-likeness (QED) is 0.600. The highest BCUT2D eigenvalue weighted by atomic mass is 31.3. The van der Waals surface area contributed by atoms with Gasteiger partial charge in [-0.1, -0.05) is 0 Å². The van der Waals surface area contributed by atoms with E-state index < -0.39 is 23.7 Å². The van der Waals surface area contributed by atoms with E-state index in [0.29, 0.717) is 19.8 Å². The van der Waals surface area contributed by atoms with Gasteiger partial charge in [-0.15, -0.1) is 0 Å². The number of hydrogen-bond donors (Lipinski definition) is 2. The lowest BCUT2D eigenvalue weighted by molar-refractivity contribution is 0.233. The second-order valence-electron chi connectivity index (χ2n) is 3.68. The molecule has 2 N–H and O–H groups in total. The lowest BCUT2D eigenvalue weighted by Gasteiger charge is -2.32. The molecule has 0 spiro atoms. The first-order valence-electron chi connectivity index (χ1n) is 6.60. The molecular formula is C9H26N3O6P3+2. The van der Waals surface area contributed by atoms with E-state index in [9.17, 15) is 0 Å². The Morgan fingerprint density at radius 1 is 0.952 bits per heavy atom. The summed E-state index contributed by atoms with van der Waals surface area (Å²) in [6.07, 6.45) is 0. The highest BCUT2D eigenvalue weighted by Crippen LogP contribution is 2.81. The molecule has 0 saturated carbocycles. The minimum Gasteiger partial charge on any atom is -0.311 e. The maximum Gasteiger partial charge on any atom is 0.525 e. The van der Waals surface area contributed by atoms with Gasteiger partial charge >= 0.3 is 23.7 Å². The summed E-state index contributed by atoms with van der Waals surface area (Å²) < 4.78 is 38.4. The van der Waals surface area contributed by atoms with E-state index in [1.54, 1.807) is 7.11 Å². The summed E-state index contributed by atoms with van der Waals surface area (Å²) in [7, 11) is -3.70. The molecule has 0 saturated heterocycles. The van der Waals surface area contributed by atoms with E-state index in [4.69, 9.17) is 27.1 Å². The lowest BCUT2D eigenvalue weighted by Crippen LogP contribution is -2.35. The fourth-order valence-electron chi connectivity index (χ4n) is 1.64. The van der Waals surface area contributed by atoms with Gasteiger partial charge in [0.1, 0.15) is 0 Å². The molecule has 0 aromatic heterocycles. The van der Waals surface area contributed by atoms with E-state index in [1.165, 1.54) is 14.2 Å². The number of nitrogens with one attached hydrogen (secondary N) is 2. The Kier molecular flexibility index (Phi) is 8.09. The Bertz CT molecular complexity index is 390. The van der Waals surface area contributed by atoms with Crippen molar-refractivity contribution in [1.82, 2.24) is 9.72 Å². The van der Waals surface area contributed by atoms with Crippen LogP contribution in [0.3, 0.4) is 0 Å². The molecule has 3 atom stereocenters. The minimum absolute atomic E-state index is 0.420. The maximum atomic E-state index is 5.77. The van der Waals surface area contributed by atoms with Gasteiger partial charge in [0, 0.05) is 11.6 Å². The average Bonchev–Trinajstić information content (AvgIpc) is 2.48. The SMILES string of the molecule is CCOP1(OC)=N[P+](OC)(OCC)N[P+](OC)(OCC)N1. The normalized spacial score (nSPS) is 36.5. The van der Waals surface area contributed by atoms with Crippen LogP contribution in [0.5, 0.6) is 0 Å². The van der Waals surface area contributed by atoms with Gasteiger partial charge in [-0.2, -0.15) is 18.1 Å². The van der Waals surface area contributed by atoms with Gasteiger partial charge in [-0.25, -0.2) is 0 Å². The largest absolute Gasteiger partial charge is 0.525 e. The molecule has 21 heavy (non-hydrogen) atoms. The van der Waals surface area contributed by atoms with Crippen LogP contribution in [0.15, 0.2) is 4.52 Å². The van der Waals surface area contributed by atoms with Crippen molar-refractivity contribution < 1.29 is 27.1 Å². The minimum atomic E-state index is -2.80. The van der Waals surface area contributed by atoms with Crippen molar-refractivity contribution in [2.24, 2.45) is 4.52 Å². The molecule has 12 heteroatoms. The molecule has 1 aliphatic heterocycles. The van der Waals surface area contributed by atoms with Crippen LogP contribution in [0.4, 0.5) is 0 Å². The fraction of sp³-hybridized carbons (Fsp3) is 1.00. The zero-order valence-electron chi connectivity index (χ0n) is 13.4. The zero-order chi connectivity index (χ0) is 16.0. The predicted octanol–water partition coefficient (Wildman–Crippen LogP) is 3.53. The Morgan fingerprint density at radius 2 is 1.62 bits per heavy atom. The van der Waals surface area contributed by atoms with E-state index >= 15 is 0 Å². The van der Waals surface area contributed by atoms with Gasteiger partial charge in [0.15, 0.2) is 0 Å². The molecule has 9 nitrogen and oxygen atoms in total. The highest BCUT2D eigenvalue weighted by Gasteiger charge is 2.69. The van der Waals surface area contributed by atoms with Crippen LogP contribution in [-0.4, -0.2) is 41.2 Å². The van der Waals surface area contributed by atoms with Gasteiger partial charge in [0.05, 0.1) is 38.9 Å². The highest BCUT2D eigenvalue weighted by molar-refractivity contribution is 7.88. The predicted molar refractivity (Wildman–Crippen MR) is 85.4 cm³/mol. The first-order valence-corrected chi connectivity index (χ1v) is 11.4. The molecule has 1 heterocycles. The summed E-state index contributed by atoms with van der Waals surface area (Å²) in [5.74, 6) is 0. The third-order valence-corrected chi connectivity index (χ3v) is 11.8. The molecule has 0 aromatic rings. The van der Waals surface area contributed by atoms with Crippen LogP contribution in [0.2, 0.25) is 0 Å². The summed E-state index contributed by atoms with van der Waals surface area (Å²) in [5.41, 5.74) is 0. The number of rotatable bonds is 9. The van der Waals surface area contributed by atoms with Gasteiger partial charge in [-0.3, -0.25) is 0 Å². The summed E-state index contributed by atoms with van der Waals surface area (Å²) >= 11 is 0. The summed E-state index contributed by atoms with van der Waals surface area (Å²) in [5, 5.41) is 0. The maximum absolute atomic E-state index is 5.77. The third kappa shape index (κ3) is 4.63. The first kappa shape index (κ1) is 19.8. The van der Waals surface area contributed by atoms with Crippen molar-refractivity contribution >= 4 is 23.7 Å². The average molecular weight is 365 g/mol.